The van der Waals surface area contributed by atoms with Crippen molar-refractivity contribution in [1.29, 1.82) is 0 Å². The van der Waals surface area contributed by atoms with Crippen LogP contribution in [0.5, 0.6) is 0 Å². The summed E-state index contributed by atoms with van der Waals surface area (Å²) in [5, 5.41) is 2.79. The number of amides is 2. The predicted octanol–water partition coefficient (Wildman–Crippen LogP) is 1.53. The van der Waals surface area contributed by atoms with E-state index < -0.39 is 16.6 Å². The largest absolute Gasteiger partial charge is 0.444 e. The van der Waals surface area contributed by atoms with E-state index in [0.29, 0.717) is 0 Å². The fourth-order valence-corrected chi connectivity index (χ4v) is 3.51. The molecule has 2 heterocycles. The molecule has 0 spiro atoms. The van der Waals surface area contributed by atoms with Crippen LogP contribution in [-0.2, 0) is 9.53 Å². The van der Waals surface area contributed by atoms with Crippen LogP contribution in [0.2, 0.25) is 0 Å². The molecule has 96 valence electrons. The monoisotopic (exact) mass is 258 g/mol. The van der Waals surface area contributed by atoms with E-state index >= 15 is 0 Å². The average molecular weight is 258 g/mol. The van der Waals surface area contributed by atoms with Gasteiger partial charge in [-0.3, -0.25) is 9.69 Å². The maximum atomic E-state index is 12.1. The van der Waals surface area contributed by atoms with Gasteiger partial charge < -0.3 is 10.1 Å². The molecule has 2 aliphatic rings. The Hall–Kier alpha value is -0.910. The molecule has 0 aliphatic carbocycles. The number of nitrogens with one attached hydrogen (secondary N) is 1. The van der Waals surface area contributed by atoms with Gasteiger partial charge in [0, 0.05) is 0 Å². The molecule has 2 aliphatic heterocycles. The number of nitrogens with zero attached hydrogens (tertiary/aromatic N) is 1. The summed E-state index contributed by atoms with van der Waals surface area (Å²) in [5.41, 5.74) is -0.545. The number of ether oxygens (including phenoxy) is 1. The standard InChI is InChI=1S/C11H18N2O3S/c1-10(2,3)16-9(15)13-6-7(14)12-8(6)17-11(13,4)5/h6,8H,1-5H3,(H,12,14)/t6-,8-/m1/s1. The molecule has 2 amide bonds. The summed E-state index contributed by atoms with van der Waals surface area (Å²) in [7, 11) is 0. The van der Waals surface area contributed by atoms with E-state index in [9.17, 15) is 9.59 Å². The molecule has 0 radical (unpaired) electrons. The van der Waals surface area contributed by atoms with E-state index in [0.717, 1.165) is 0 Å². The van der Waals surface area contributed by atoms with Crippen molar-refractivity contribution < 1.29 is 14.3 Å². The summed E-state index contributed by atoms with van der Waals surface area (Å²) >= 11 is 1.58. The van der Waals surface area contributed by atoms with Gasteiger partial charge in [-0.1, -0.05) is 0 Å². The molecule has 0 bridgehead atoms. The third kappa shape index (κ3) is 2.10. The van der Waals surface area contributed by atoms with Gasteiger partial charge in [0.15, 0.2) is 0 Å². The van der Waals surface area contributed by atoms with Crippen LogP contribution in [0.1, 0.15) is 34.6 Å². The van der Waals surface area contributed by atoms with Crippen LogP contribution in [0.15, 0.2) is 0 Å². The second-order valence-corrected chi connectivity index (χ2v) is 7.53. The zero-order valence-corrected chi connectivity index (χ0v) is 11.6. The SMILES string of the molecule is CC(C)(C)OC(=O)N1[C@@H]2C(=O)N[C@@H]2SC1(C)C. The Labute approximate surface area is 105 Å². The maximum absolute atomic E-state index is 12.1. The molecule has 2 atom stereocenters. The first-order valence-electron chi connectivity index (χ1n) is 5.62. The highest BCUT2D eigenvalue weighted by Gasteiger charge is 2.59. The Morgan fingerprint density at radius 1 is 1.47 bits per heavy atom. The third-order valence-electron chi connectivity index (χ3n) is 2.70. The van der Waals surface area contributed by atoms with E-state index in [1.165, 1.54) is 0 Å². The van der Waals surface area contributed by atoms with Gasteiger partial charge in [-0.15, -0.1) is 11.8 Å². The molecule has 0 aromatic carbocycles. The molecule has 2 saturated heterocycles. The predicted molar refractivity (Wildman–Crippen MR) is 65.5 cm³/mol. The first-order chi connectivity index (χ1) is 7.62. The number of hydrogen-bond donors (Lipinski definition) is 1. The minimum absolute atomic E-state index is 0.00465. The van der Waals surface area contributed by atoms with E-state index in [4.69, 9.17) is 4.74 Å². The van der Waals surface area contributed by atoms with Crippen molar-refractivity contribution in [1.82, 2.24) is 10.2 Å². The highest BCUT2D eigenvalue weighted by molar-refractivity contribution is 8.01. The highest BCUT2D eigenvalue weighted by atomic mass is 32.2. The third-order valence-corrected chi connectivity index (χ3v) is 4.11. The fraction of sp³-hybridized carbons (Fsp3) is 0.818. The lowest BCUT2D eigenvalue weighted by Crippen LogP contribution is -2.65. The number of rotatable bonds is 0. The molecule has 2 fully saturated rings. The van der Waals surface area contributed by atoms with E-state index in [2.05, 4.69) is 5.32 Å². The van der Waals surface area contributed by atoms with Crippen LogP contribution in [0, 0.1) is 0 Å². The van der Waals surface area contributed by atoms with E-state index in [1.807, 2.05) is 34.6 Å². The molecule has 0 unspecified atom stereocenters. The molecule has 0 aromatic heterocycles. The molecule has 2 rings (SSSR count). The Balaban J connectivity index is 2.18. The minimum Gasteiger partial charge on any atom is -0.444 e. The van der Waals surface area contributed by atoms with Gasteiger partial charge in [0.05, 0.1) is 4.87 Å². The molecular weight excluding hydrogens is 240 g/mol. The summed E-state index contributed by atoms with van der Waals surface area (Å²) in [4.78, 5) is 24.8. The first kappa shape index (κ1) is 12.5. The van der Waals surface area contributed by atoms with E-state index in [1.54, 1.807) is 16.7 Å². The number of carbonyl (C=O) groups is 2. The highest BCUT2D eigenvalue weighted by Crippen LogP contribution is 2.47. The molecule has 6 heteroatoms. The number of β-lactam (4-membered cyclic amide) rings is 1. The van der Waals surface area contributed by atoms with Gasteiger partial charge in [0.2, 0.25) is 5.91 Å². The van der Waals surface area contributed by atoms with Crippen LogP contribution in [0.4, 0.5) is 4.79 Å². The van der Waals surface area contributed by atoms with Gasteiger partial charge in [-0.2, -0.15) is 0 Å². The van der Waals surface area contributed by atoms with Gasteiger partial charge in [-0.25, -0.2) is 4.79 Å². The molecule has 1 N–H and O–H groups in total. The molecule has 17 heavy (non-hydrogen) atoms. The van der Waals surface area contributed by atoms with Gasteiger partial charge in [0.1, 0.15) is 17.0 Å². The Kier molecular flexibility index (Phi) is 2.61. The lowest BCUT2D eigenvalue weighted by molar-refractivity contribution is -0.134. The minimum atomic E-state index is -0.545. The smallest absolute Gasteiger partial charge is 0.412 e. The van der Waals surface area contributed by atoms with Crippen molar-refractivity contribution in [3.8, 4) is 0 Å². The van der Waals surface area contributed by atoms with Crippen LogP contribution in [0.25, 0.3) is 0 Å². The molecular formula is C11H18N2O3S. The van der Waals surface area contributed by atoms with Crippen LogP contribution in [-0.4, -0.2) is 38.8 Å². The number of hydrogen-bond acceptors (Lipinski definition) is 4. The Bertz CT molecular complexity index is 375. The molecule has 0 aromatic rings. The topological polar surface area (TPSA) is 58.6 Å². The normalized spacial score (nSPS) is 30.4. The number of carbonyl (C=O) groups excluding carboxylic acids is 2. The van der Waals surface area contributed by atoms with Crippen molar-refractivity contribution in [2.24, 2.45) is 0 Å². The van der Waals surface area contributed by atoms with Crippen molar-refractivity contribution in [3.63, 3.8) is 0 Å². The van der Waals surface area contributed by atoms with Gasteiger partial charge in [0.25, 0.3) is 0 Å². The second kappa shape index (κ2) is 3.54. The van der Waals surface area contributed by atoms with Crippen molar-refractivity contribution in [2.45, 2.75) is 56.5 Å². The quantitative estimate of drug-likeness (QED) is 0.669. The van der Waals surface area contributed by atoms with Crippen molar-refractivity contribution in [2.75, 3.05) is 0 Å². The van der Waals surface area contributed by atoms with E-state index in [-0.39, 0.29) is 17.3 Å². The lowest BCUT2D eigenvalue weighted by Gasteiger charge is -2.38. The summed E-state index contributed by atoms with van der Waals surface area (Å²) in [6, 6.07) is -0.384. The summed E-state index contributed by atoms with van der Waals surface area (Å²) in [6.45, 7) is 9.31. The average Bonchev–Trinajstić information content (AvgIpc) is 2.30. The van der Waals surface area contributed by atoms with Crippen molar-refractivity contribution in [3.05, 3.63) is 0 Å². The number of fused-ring (bicyclic) bond motifs is 1. The molecule has 5 nitrogen and oxygen atoms in total. The van der Waals surface area contributed by atoms with Gasteiger partial charge >= 0.3 is 6.09 Å². The summed E-state index contributed by atoms with van der Waals surface area (Å²) < 4.78 is 5.35. The van der Waals surface area contributed by atoms with Crippen LogP contribution >= 0.6 is 11.8 Å². The fourth-order valence-electron chi connectivity index (χ4n) is 2.04. The summed E-state index contributed by atoms with van der Waals surface area (Å²) in [5.74, 6) is -0.0982. The van der Waals surface area contributed by atoms with Crippen LogP contribution < -0.4 is 5.32 Å². The zero-order chi connectivity index (χ0) is 13.0. The maximum Gasteiger partial charge on any atom is 0.412 e. The number of thioether (sulfide) groups is 1. The van der Waals surface area contributed by atoms with Crippen molar-refractivity contribution >= 4 is 23.8 Å². The van der Waals surface area contributed by atoms with Gasteiger partial charge in [-0.05, 0) is 34.6 Å². The Morgan fingerprint density at radius 2 is 2.06 bits per heavy atom. The first-order valence-corrected chi connectivity index (χ1v) is 6.50. The second-order valence-electron chi connectivity index (χ2n) is 5.79. The Morgan fingerprint density at radius 3 is 2.53 bits per heavy atom. The lowest BCUT2D eigenvalue weighted by atomic mass is 10.1. The zero-order valence-electron chi connectivity index (χ0n) is 10.7. The molecule has 0 saturated carbocycles. The summed E-state index contributed by atoms with van der Waals surface area (Å²) in [6.07, 6.45) is -0.419. The van der Waals surface area contributed by atoms with Crippen LogP contribution in [0.3, 0.4) is 0 Å².